The molecular formula is C16H20ClN3O. The Kier molecular flexibility index (Phi) is 4.91. The van der Waals surface area contributed by atoms with Gasteiger partial charge in [0.15, 0.2) is 0 Å². The Morgan fingerprint density at radius 3 is 2.95 bits per heavy atom. The molecule has 3 rings (SSSR count). The molecule has 1 aromatic carbocycles. The van der Waals surface area contributed by atoms with E-state index in [1.807, 2.05) is 30.5 Å². The van der Waals surface area contributed by atoms with E-state index in [1.54, 1.807) is 0 Å². The molecule has 0 amide bonds. The SMILES string of the molecule is Clc1ccc(-c2[nH]ncc2CNC[C@@H]2CCCOC2)cc1. The molecule has 1 aliphatic heterocycles. The number of nitrogens with zero attached hydrogens (tertiary/aromatic N) is 1. The zero-order valence-corrected chi connectivity index (χ0v) is 12.7. The first-order chi connectivity index (χ1) is 10.3. The van der Waals surface area contributed by atoms with Crippen LogP contribution in [0.4, 0.5) is 0 Å². The third-order valence-corrected chi connectivity index (χ3v) is 4.11. The van der Waals surface area contributed by atoms with Gasteiger partial charge in [0.1, 0.15) is 0 Å². The molecule has 21 heavy (non-hydrogen) atoms. The van der Waals surface area contributed by atoms with E-state index in [-0.39, 0.29) is 0 Å². The average molecular weight is 306 g/mol. The monoisotopic (exact) mass is 305 g/mol. The van der Waals surface area contributed by atoms with Gasteiger partial charge in [-0.15, -0.1) is 0 Å². The summed E-state index contributed by atoms with van der Waals surface area (Å²) in [5.74, 6) is 0.629. The van der Waals surface area contributed by atoms with E-state index in [0.29, 0.717) is 5.92 Å². The molecule has 1 atom stereocenters. The van der Waals surface area contributed by atoms with Crippen LogP contribution in [-0.4, -0.2) is 30.0 Å². The lowest BCUT2D eigenvalue weighted by Crippen LogP contribution is -2.28. The molecule has 0 bridgehead atoms. The standard InChI is InChI=1S/C16H20ClN3O/c17-15-5-3-13(4-6-15)16-14(10-19-20-16)9-18-8-12-2-1-7-21-11-12/h3-6,10,12,18H,1-2,7-9,11H2,(H,19,20)/t12-/m0/s1. The lowest BCUT2D eigenvalue weighted by Gasteiger charge is -2.22. The van der Waals surface area contributed by atoms with Gasteiger partial charge >= 0.3 is 0 Å². The second kappa shape index (κ2) is 7.07. The van der Waals surface area contributed by atoms with Crippen molar-refractivity contribution in [3.05, 3.63) is 41.0 Å². The van der Waals surface area contributed by atoms with Crippen LogP contribution >= 0.6 is 11.6 Å². The molecule has 4 nitrogen and oxygen atoms in total. The molecule has 0 radical (unpaired) electrons. The van der Waals surface area contributed by atoms with Gasteiger partial charge in [-0.2, -0.15) is 5.10 Å². The summed E-state index contributed by atoms with van der Waals surface area (Å²) in [4.78, 5) is 0. The molecule has 112 valence electrons. The summed E-state index contributed by atoms with van der Waals surface area (Å²) in [6.07, 6.45) is 4.31. The molecule has 1 aromatic heterocycles. The van der Waals surface area contributed by atoms with Crippen molar-refractivity contribution in [2.45, 2.75) is 19.4 Å². The first kappa shape index (κ1) is 14.6. The van der Waals surface area contributed by atoms with E-state index >= 15 is 0 Å². The summed E-state index contributed by atoms with van der Waals surface area (Å²) in [7, 11) is 0. The summed E-state index contributed by atoms with van der Waals surface area (Å²) < 4.78 is 5.50. The highest BCUT2D eigenvalue weighted by Gasteiger charge is 2.14. The summed E-state index contributed by atoms with van der Waals surface area (Å²) >= 11 is 5.93. The van der Waals surface area contributed by atoms with Crippen LogP contribution in [0.15, 0.2) is 30.5 Å². The van der Waals surface area contributed by atoms with Gasteiger partial charge in [-0.25, -0.2) is 0 Å². The molecule has 0 unspecified atom stereocenters. The quantitative estimate of drug-likeness (QED) is 0.891. The number of nitrogens with one attached hydrogen (secondary N) is 2. The highest BCUT2D eigenvalue weighted by atomic mass is 35.5. The van der Waals surface area contributed by atoms with Crippen molar-refractivity contribution in [1.82, 2.24) is 15.5 Å². The molecule has 5 heteroatoms. The third-order valence-electron chi connectivity index (χ3n) is 3.85. The molecular weight excluding hydrogens is 286 g/mol. The Bertz CT molecular complexity index is 561. The topological polar surface area (TPSA) is 49.9 Å². The summed E-state index contributed by atoms with van der Waals surface area (Å²) in [6, 6.07) is 7.81. The minimum atomic E-state index is 0.629. The zero-order chi connectivity index (χ0) is 14.5. The lowest BCUT2D eigenvalue weighted by molar-refractivity contribution is 0.0547. The van der Waals surface area contributed by atoms with Gasteiger partial charge in [0.2, 0.25) is 0 Å². The van der Waals surface area contributed by atoms with Crippen molar-refractivity contribution in [1.29, 1.82) is 0 Å². The summed E-state index contributed by atoms with van der Waals surface area (Å²) in [5, 5.41) is 11.5. The van der Waals surface area contributed by atoms with E-state index in [0.717, 1.165) is 42.6 Å². The predicted molar refractivity (Wildman–Crippen MR) is 84.3 cm³/mol. The molecule has 2 heterocycles. The van der Waals surface area contributed by atoms with Crippen LogP contribution in [0, 0.1) is 5.92 Å². The number of ether oxygens (including phenoxy) is 1. The Labute approximate surface area is 129 Å². The van der Waals surface area contributed by atoms with Gasteiger partial charge < -0.3 is 10.1 Å². The van der Waals surface area contributed by atoms with Gasteiger partial charge in [-0.05, 0) is 36.5 Å². The molecule has 0 aliphatic carbocycles. The van der Waals surface area contributed by atoms with Gasteiger partial charge in [0, 0.05) is 30.3 Å². The molecule has 0 saturated carbocycles. The van der Waals surface area contributed by atoms with Crippen molar-refractivity contribution in [3.63, 3.8) is 0 Å². The van der Waals surface area contributed by atoms with Crippen LogP contribution < -0.4 is 5.32 Å². The number of hydrogen-bond acceptors (Lipinski definition) is 3. The number of rotatable bonds is 5. The van der Waals surface area contributed by atoms with Crippen molar-refractivity contribution in [2.75, 3.05) is 19.8 Å². The van der Waals surface area contributed by atoms with E-state index in [2.05, 4.69) is 15.5 Å². The largest absolute Gasteiger partial charge is 0.381 e. The highest BCUT2D eigenvalue weighted by molar-refractivity contribution is 6.30. The van der Waals surface area contributed by atoms with Crippen LogP contribution in [-0.2, 0) is 11.3 Å². The molecule has 0 spiro atoms. The third kappa shape index (κ3) is 3.84. The van der Waals surface area contributed by atoms with Gasteiger partial charge in [-0.3, -0.25) is 5.10 Å². The fourth-order valence-electron chi connectivity index (χ4n) is 2.69. The Morgan fingerprint density at radius 2 is 2.19 bits per heavy atom. The van der Waals surface area contributed by atoms with Crippen molar-refractivity contribution in [3.8, 4) is 11.3 Å². The van der Waals surface area contributed by atoms with Crippen LogP contribution in [0.1, 0.15) is 18.4 Å². The lowest BCUT2D eigenvalue weighted by atomic mass is 10.0. The highest BCUT2D eigenvalue weighted by Crippen LogP contribution is 2.23. The first-order valence-corrected chi connectivity index (χ1v) is 7.77. The number of H-pyrrole nitrogens is 1. The number of aromatic nitrogens is 2. The van der Waals surface area contributed by atoms with Gasteiger partial charge in [0.05, 0.1) is 18.5 Å². The maximum absolute atomic E-state index is 5.93. The van der Waals surface area contributed by atoms with E-state index in [4.69, 9.17) is 16.3 Å². The van der Waals surface area contributed by atoms with E-state index < -0.39 is 0 Å². The van der Waals surface area contributed by atoms with Crippen LogP contribution in [0.25, 0.3) is 11.3 Å². The Hall–Kier alpha value is -1.36. The smallest absolute Gasteiger partial charge is 0.0695 e. The van der Waals surface area contributed by atoms with Crippen LogP contribution in [0.2, 0.25) is 5.02 Å². The van der Waals surface area contributed by atoms with Crippen LogP contribution in [0.3, 0.4) is 0 Å². The van der Waals surface area contributed by atoms with Crippen molar-refractivity contribution in [2.24, 2.45) is 5.92 Å². The summed E-state index contributed by atoms with van der Waals surface area (Å²) in [5.41, 5.74) is 3.34. The Balaban J connectivity index is 1.59. The second-order valence-corrected chi connectivity index (χ2v) is 5.93. The number of aromatic amines is 1. The maximum Gasteiger partial charge on any atom is 0.0695 e. The number of halogens is 1. The zero-order valence-electron chi connectivity index (χ0n) is 11.9. The normalized spacial score (nSPS) is 18.8. The fourth-order valence-corrected chi connectivity index (χ4v) is 2.82. The van der Waals surface area contributed by atoms with Gasteiger partial charge in [0.25, 0.3) is 0 Å². The number of benzene rings is 1. The minimum absolute atomic E-state index is 0.629. The fraction of sp³-hybridized carbons (Fsp3) is 0.438. The summed E-state index contributed by atoms with van der Waals surface area (Å²) in [6.45, 7) is 3.59. The van der Waals surface area contributed by atoms with E-state index in [9.17, 15) is 0 Å². The predicted octanol–water partition coefficient (Wildman–Crippen LogP) is 3.25. The molecule has 1 saturated heterocycles. The molecule has 2 N–H and O–H groups in total. The van der Waals surface area contributed by atoms with Gasteiger partial charge in [-0.1, -0.05) is 23.7 Å². The molecule has 2 aromatic rings. The van der Waals surface area contributed by atoms with Crippen molar-refractivity contribution >= 4 is 11.6 Å². The minimum Gasteiger partial charge on any atom is -0.381 e. The molecule has 1 fully saturated rings. The molecule has 1 aliphatic rings. The van der Waals surface area contributed by atoms with E-state index in [1.165, 1.54) is 18.4 Å². The maximum atomic E-state index is 5.93. The van der Waals surface area contributed by atoms with Crippen LogP contribution in [0.5, 0.6) is 0 Å². The first-order valence-electron chi connectivity index (χ1n) is 7.39. The Morgan fingerprint density at radius 1 is 1.33 bits per heavy atom. The van der Waals surface area contributed by atoms with Crippen molar-refractivity contribution < 1.29 is 4.74 Å². The second-order valence-electron chi connectivity index (χ2n) is 5.49. The number of hydrogen-bond donors (Lipinski definition) is 2. The average Bonchev–Trinajstić information content (AvgIpc) is 2.98.